The number of rotatable bonds is 3. The predicted octanol–water partition coefficient (Wildman–Crippen LogP) is 2.07. The molecule has 0 atom stereocenters. The Morgan fingerprint density at radius 3 is 3.00 bits per heavy atom. The Morgan fingerprint density at radius 2 is 2.20 bits per heavy atom. The van der Waals surface area contributed by atoms with Crippen LogP contribution in [0.1, 0.15) is 18.4 Å². The van der Waals surface area contributed by atoms with Crippen molar-refractivity contribution in [1.29, 1.82) is 0 Å². The van der Waals surface area contributed by atoms with Gasteiger partial charge in [-0.3, -0.25) is 4.90 Å². The molecule has 0 radical (unpaired) electrons. The van der Waals surface area contributed by atoms with Crippen molar-refractivity contribution in [3.63, 3.8) is 0 Å². The molecule has 0 aliphatic carbocycles. The average molecular weight is 273 g/mol. The van der Waals surface area contributed by atoms with E-state index in [0.29, 0.717) is 6.04 Å². The largest absolute Gasteiger partial charge is 0.381 e. The highest BCUT2D eigenvalue weighted by Crippen LogP contribution is 2.25. The fourth-order valence-electron chi connectivity index (χ4n) is 3.19. The van der Waals surface area contributed by atoms with Crippen LogP contribution in [0.5, 0.6) is 0 Å². The van der Waals surface area contributed by atoms with E-state index in [1.165, 1.54) is 5.56 Å². The monoisotopic (exact) mass is 273 g/mol. The first-order valence-electron chi connectivity index (χ1n) is 7.50. The lowest BCUT2D eigenvalue weighted by Crippen LogP contribution is -2.41. The number of pyridine rings is 1. The van der Waals surface area contributed by atoms with Crippen LogP contribution in [0.2, 0.25) is 0 Å². The van der Waals surface area contributed by atoms with Gasteiger partial charge in [0.1, 0.15) is 5.82 Å². The second kappa shape index (κ2) is 6.37. The first kappa shape index (κ1) is 13.6. The van der Waals surface area contributed by atoms with Gasteiger partial charge in [0, 0.05) is 57.2 Å². The fraction of sp³-hybridized carbons (Fsp3) is 0.562. The molecule has 0 spiro atoms. The Labute approximate surface area is 121 Å². The molecule has 1 aromatic heterocycles. The molecule has 4 heteroatoms. The van der Waals surface area contributed by atoms with E-state index in [0.717, 1.165) is 58.1 Å². The van der Waals surface area contributed by atoms with Crippen molar-refractivity contribution >= 4 is 5.82 Å². The molecule has 20 heavy (non-hydrogen) atoms. The lowest BCUT2D eigenvalue weighted by molar-refractivity contribution is 0.0328. The number of ether oxygens (including phenoxy) is 1. The van der Waals surface area contributed by atoms with Crippen LogP contribution in [0.4, 0.5) is 5.82 Å². The summed E-state index contributed by atoms with van der Waals surface area (Å²) in [5, 5.41) is 0. The van der Waals surface area contributed by atoms with Crippen LogP contribution in [-0.4, -0.2) is 48.8 Å². The molecule has 0 aromatic carbocycles. The highest BCUT2D eigenvalue weighted by Gasteiger charge is 2.26. The van der Waals surface area contributed by atoms with Crippen LogP contribution >= 0.6 is 0 Å². The number of hydrogen-bond donors (Lipinski definition) is 0. The van der Waals surface area contributed by atoms with E-state index in [1.54, 1.807) is 0 Å². The molecule has 0 unspecified atom stereocenters. The van der Waals surface area contributed by atoms with Crippen molar-refractivity contribution in [2.45, 2.75) is 25.4 Å². The topological polar surface area (TPSA) is 28.6 Å². The van der Waals surface area contributed by atoms with E-state index in [9.17, 15) is 0 Å². The second-order valence-electron chi connectivity index (χ2n) is 5.53. The third kappa shape index (κ3) is 2.86. The molecule has 1 saturated heterocycles. The minimum absolute atomic E-state index is 0.653. The van der Waals surface area contributed by atoms with Gasteiger partial charge in [-0.2, -0.15) is 0 Å². The van der Waals surface area contributed by atoms with Gasteiger partial charge in [0.2, 0.25) is 0 Å². The highest BCUT2D eigenvalue weighted by atomic mass is 16.5. The van der Waals surface area contributed by atoms with E-state index >= 15 is 0 Å². The van der Waals surface area contributed by atoms with E-state index < -0.39 is 0 Å². The van der Waals surface area contributed by atoms with Crippen molar-refractivity contribution in [1.82, 2.24) is 9.88 Å². The third-order valence-corrected chi connectivity index (χ3v) is 4.25. The smallest absolute Gasteiger partial charge is 0.133 e. The molecule has 3 heterocycles. The van der Waals surface area contributed by atoms with Crippen molar-refractivity contribution in [3.8, 4) is 0 Å². The van der Waals surface area contributed by atoms with Crippen LogP contribution in [0.15, 0.2) is 31.0 Å². The van der Waals surface area contributed by atoms with Gasteiger partial charge in [-0.1, -0.05) is 12.1 Å². The van der Waals surface area contributed by atoms with E-state index in [4.69, 9.17) is 4.74 Å². The van der Waals surface area contributed by atoms with Gasteiger partial charge in [0.15, 0.2) is 0 Å². The maximum Gasteiger partial charge on any atom is 0.133 e. The van der Waals surface area contributed by atoms with Gasteiger partial charge in [-0.15, -0.1) is 6.58 Å². The molecule has 0 N–H and O–H groups in total. The molecule has 0 amide bonds. The summed E-state index contributed by atoms with van der Waals surface area (Å²) in [6, 6.07) is 4.90. The molecular formula is C16H23N3O. The van der Waals surface area contributed by atoms with E-state index in [2.05, 4.69) is 27.4 Å². The number of anilines is 1. The molecule has 2 aliphatic heterocycles. The van der Waals surface area contributed by atoms with Crippen LogP contribution in [0.3, 0.4) is 0 Å². The summed E-state index contributed by atoms with van der Waals surface area (Å²) in [4.78, 5) is 9.52. The first-order chi connectivity index (χ1) is 9.88. The van der Waals surface area contributed by atoms with Crippen LogP contribution in [0.25, 0.3) is 0 Å². The second-order valence-corrected chi connectivity index (χ2v) is 5.53. The summed E-state index contributed by atoms with van der Waals surface area (Å²) >= 11 is 0. The van der Waals surface area contributed by atoms with Crippen LogP contribution in [-0.2, 0) is 11.3 Å². The molecule has 3 rings (SSSR count). The van der Waals surface area contributed by atoms with Crippen molar-refractivity contribution < 1.29 is 4.74 Å². The summed E-state index contributed by atoms with van der Waals surface area (Å²) in [5.41, 5.74) is 1.33. The van der Waals surface area contributed by atoms with Gasteiger partial charge in [-0.25, -0.2) is 4.98 Å². The first-order valence-corrected chi connectivity index (χ1v) is 7.50. The highest BCUT2D eigenvalue weighted by molar-refractivity contribution is 5.48. The molecule has 108 valence electrons. The predicted molar refractivity (Wildman–Crippen MR) is 80.9 cm³/mol. The molecular weight excluding hydrogens is 250 g/mol. The Kier molecular flexibility index (Phi) is 4.33. The lowest BCUT2D eigenvalue weighted by Gasteiger charge is -2.33. The summed E-state index contributed by atoms with van der Waals surface area (Å²) in [6.45, 7) is 9.65. The Balaban J connectivity index is 1.81. The zero-order valence-corrected chi connectivity index (χ0v) is 12.0. The SMILES string of the molecule is C=CCN1CCN(C2CCOCC2)Cc2cccnc21. The lowest BCUT2D eigenvalue weighted by atomic mass is 10.1. The average Bonchev–Trinajstić information content (AvgIpc) is 2.69. The zero-order valence-electron chi connectivity index (χ0n) is 12.0. The Hall–Kier alpha value is -1.39. The summed E-state index contributed by atoms with van der Waals surface area (Å²) < 4.78 is 5.49. The van der Waals surface area contributed by atoms with Gasteiger partial charge in [0.05, 0.1) is 0 Å². The Morgan fingerprint density at radius 1 is 1.35 bits per heavy atom. The minimum atomic E-state index is 0.653. The standard InChI is InChI=1S/C16H23N3O/c1-2-8-18-9-10-19(15-5-11-20-12-6-15)13-14-4-3-7-17-16(14)18/h2-4,7,15H,1,5-6,8-13H2. The molecule has 2 aliphatic rings. The van der Waals surface area contributed by atoms with Crippen LogP contribution in [0, 0.1) is 0 Å². The summed E-state index contributed by atoms with van der Waals surface area (Å²) in [7, 11) is 0. The number of aromatic nitrogens is 1. The molecule has 4 nitrogen and oxygen atoms in total. The maximum absolute atomic E-state index is 5.49. The summed E-state index contributed by atoms with van der Waals surface area (Å²) in [6.07, 6.45) is 6.15. The molecule has 0 bridgehead atoms. The molecule has 1 fully saturated rings. The number of fused-ring (bicyclic) bond motifs is 1. The van der Waals surface area contributed by atoms with Gasteiger partial charge in [-0.05, 0) is 18.9 Å². The quantitative estimate of drug-likeness (QED) is 0.788. The fourth-order valence-corrected chi connectivity index (χ4v) is 3.19. The summed E-state index contributed by atoms with van der Waals surface area (Å²) in [5.74, 6) is 1.13. The molecule has 1 aromatic rings. The minimum Gasteiger partial charge on any atom is -0.381 e. The maximum atomic E-state index is 5.49. The van der Waals surface area contributed by atoms with Crippen LogP contribution < -0.4 is 4.90 Å². The van der Waals surface area contributed by atoms with Gasteiger partial charge >= 0.3 is 0 Å². The van der Waals surface area contributed by atoms with Crippen molar-refractivity contribution in [3.05, 3.63) is 36.5 Å². The third-order valence-electron chi connectivity index (χ3n) is 4.25. The number of nitrogens with zero attached hydrogens (tertiary/aromatic N) is 3. The zero-order chi connectivity index (χ0) is 13.8. The van der Waals surface area contributed by atoms with E-state index in [1.807, 2.05) is 18.3 Å². The Bertz CT molecular complexity index is 457. The van der Waals surface area contributed by atoms with E-state index in [-0.39, 0.29) is 0 Å². The molecule has 0 saturated carbocycles. The van der Waals surface area contributed by atoms with Gasteiger partial charge < -0.3 is 9.64 Å². The van der Waals surface area contributed by atoms with Crippen molar-refractivity contribution in [2.75, 3.05) is 37.7 Å². The normalized spacial score (nSPS) is 21.3. The van der Waals surface area contributed by atoms with Gasteiger partial charge in [0.25, 0.3) is 0 Å². The number of hydrogen-bond acceptors (Lipinski definition) is 4. The van der Waals surface area contributed by atoms with Crippen molar-refractivity contribution in [2.24, 2.45) is 0 Å².